The molecular formula is C21H21NO4. The molecule has 2 aliphatic rings. The number of ketones is 1. The highest BCUT2D eigenvalue weighted by atomic mass is 16.5. The van der Waals surface area contributed by atoms with Gasteiger partial charge in [0.15, 0.2) is 5.76 Å². The highest BCUT2D eigenvalue weighted by Gasteiger charge is 2.33. The van der Waals surface area contributed by atoms with Crippen LogP contribution in [0.3, 0.4) is 0 Å². The van der Waals surface area contributed by atoms with E-state index in [0.29, 0.717) is 37.0 Å². The number of fused-ring (bicyclic) bond motifs is 3. The van der Waals surface area contributed by atoms with E-state index in [4.69, 9.17) is 14.2 Å². The topological polar surface area (TPSA) is 48.0 Å². The van der Waals surface area contributed by atoms with Gasteiger partial charge in [-0.25, -0.2) is 0 Å². The fourth-order valence-electron chi connectivity index (χ4n) is 3.18. The number of hydrogen-bond acceptors (Lipinski definition) is 5. The summed E-state index contributed by atoms with van der Waals surface area (Å²) in [5.41, 5.74) is 3.64. The number of aryl methyl sites for hydroxylation is 1. The van der Waals surface area contributed by atoms with E-state index in [1.807, 2.05) is 37.3 Å². The molecule has 0 aliphatic carbocycles. The van der Waals surface area contributed by atoms with E-state index < -0.39 is 0 Å². The number of hydrogen-bond donors (Lipinski definition) is 0. The molecule has 134 valence electrons. The number of methoxy groups -OCH3 is 1. The van der Waals surface area contributed by atoms with Gasteiger partial charge < -0.3 is 14.2 Å². The van der Waals surface area contributed by atoms with Crippen molar-refractivity contribution in [3.63, 3.8) is 0 Å². The molecule has 0 atom stereocenters. The van der Waals surface area contributed by atoms with Crippen LogP contribution in [0, 0.1) is 6.92 Å². The minimum absolute atomic E-state index is 0.0858. The molecule has 0 amide bonds. The van der Waals surface area contributed by atoms with E-state index in [2.05, 4.69) is 4.90 Å². The van der Waals surface area contributed by atoms with Crippen molar-refractivity contribution in [1.82, 2.24) is 4.90 Å². The Bertz CT molecular complexity index is 870. The quantitative estimate of drug-likeness (QED) is 0.790. The highest BCUT2D eigenvalue weighted by molar-refractivity contribution is 6.15. The molecule has 0 radical (unpaired) electrons. The van der Waals surface area contributed by atoms with Crippen LogP contribution in [-0.4, -0.2) is 37.7 Å². The smallest absolute Gasteiger partial charge is 0.231 e. The number of Topliss-reactive ketones (excluding diaryl/α,β-unsaturated/α-hetero) is 1. The first-order valence-corrected chi connectivity index (χ1v) is 8.66. The molecule has 5 nitrogen and oxygen atoms in total. The van der Waals surface area contributed by atoms with Crippen LogP contribution in [0.15, 0.2) is 42.2 Å². The Kier molecular flexibility index (Phi) is 4.49. The first kappa shape index (κ1) is 16.8. The summed E-state index contributed by atoms with van der Waals surface area (Å²) < 4.78 is 16.9. The van der Waals surface area contributed by atoms with Crippen LogP contribution in [0.5, 0.6) is 11.5 Å². The number of benzene rings is 2. The van der Waals surface area contributed by atoms with Gasteiger partial charge in [-0.3, -0.25) is 9.69 Å². The SMILES string of the molecule is COCCN1COc2ccc3c(c2C1)O/C(=C\c1ccc(C)cc1)C3=O. The maximum absolute atomic E-state index is 12.7. The van der Waals surface area contributed by atoms with E-state index >= 15 is 0 Å². The van der Waals surface area contributed by atoms with E-state index in [0.717, 1.165) is 23.4 Å². The molecule has 5 heteroatoms. The maximum atomic E-state index is 12.7. The summed E-state index contributed by atoms with van der Waals surface area (Å²) in [6.07, 6.45) is 1.79. The van der Waals surface area contributed by atoms with Gasteiger partial charge in [0.2, 0.25) is 5.78 Å². The Morgan fingerprint density at radius 3 is 2.77 bits per heavy atom. The van der Waals surface area contributed by atoms with Crippen LogP contribution in [-0.2, 0) is 11.3 Å². The molecule has 0 saturated heterocycles. The molecule has 0 spiro atoms. The third-order valence-corrected chi connectivity index (χ3v) is 4.67. The molecule has 2 aliphatic heterocycles. The van der Waals surface area contributed by atoms with Crippen molar-refractivity contribution in [2.45, 2.75) is 13.5 Å². The lowest BCUT2D eigenvalue weighted by Crippen LogP contribution is -2.34. The zero-order valence-electron chi connectivity index (χ0n) is 15.0. The third-order valence-electron chi connectivity index (χ3n) is 4.67. The number of carbonyl (C=O) groups excluding carboxylic acids is 1. The monoisotopic (exact) mass is 351 g/mol. The molecule has 4 rings (SSSR count). The number of carbonyl (C=O) groups is 1. The zero-order chi connectivity index (χ0) is 18.1. The fraction of sp³-hybridized carbons (Fsp3) is 0.286. The van der Waals surface area contributed by atoms with Crippen molar-refractivity contribution in [2.75, 3.05) is 27.0 Å². The van der Waals surface area contributed by atoms with Crippen LogP contribution < -0.4 is 9.47 Å². The number of rotatable bonds is 4. The van der Waals surface area contributed by atoms with E-state index in [9.17, 15) is 4.79 Å². The Hall–Kier alpha value is -2.63. The van der Waals surface area contributed by atoms with Crippen molar-refractivity contribution in [3.8, 4) is 11.5 Å². The van der Waals surface area contributed by atoms with Crippen molar-refractivity contribution in [3.05, 3.63) is 64.4 Å². The Morgan fingerprint density at radius 2 is 2.00 bits per heavy atom. The second-order valence-corrected chi connectivity index (χ2v) is 6.59. The Labute approximate surface area is 152 Å². The minimum atomic E-state index is -0.0858. The first-order chi connectivity index (χ1) is 12.7. The third kappa shape index (κ3) is 3.11. The molecule has 0 bridgehead atoms. The normalized spacial score (nSPS) is 17.6. The summed E-state index contributed by atoms with van der Waals surface area (Å²) >= 11 is 0. The van der Waals surface area contributed by atoms with E-state index in [1.54, 1.807) is 19.3 Å². The summed E-state index contributed by atoms with van der Waals surface area (Å²) in [5, 5.41) is 0. The number of ether oxygens (including phenoxy) is 3. The van der Waals surface area contributed by atoms with Gasteiger partial charge in [0.1, 0.15) is 18.2 Å². The Balaban J connectivity index is 1.63. The van der Waals surface area contributed by atoms with Crippen molar-refractivity contribution < 1.29 is 19.0 Å². The molecule has 2 aromatic rings. The van der Waals surface area contributed by atoms with Crippen LogP contribution in [0.1, 0.15) is 27.0 Å². The summed E-state index contributed by atoms with van der Waals surface area (Å²) in [4.78, 5) is 14.9. The average molecular weight is 351 g/mol. The molecule has 0 fully saturated rings. The van der Waals surface area contributed by atoms with Crippen LogP contribution in [0.25, 0.3) is 6.08 Å². The van der Waals surface area contributed by atoms with E-state index in [-0.39, 0.29) is 5.78 Å². The summed E-state index contributed by atoms with van der Waals surface area (Å²) in [6.45, 7) is 4.61. The van der Waals surface area contributed by atoms with Gasteiger partial charge in [0.25, 0.3) is 0 Å². The predicted octanol–water partition coefficient (Wildman–Crippen LogP) is 3.41. The van der Waals surface area contributed by atoms with Crippen LogP contribution in [0.2, 0.25) is 0 Å². The highest BCUT2D eigenvalue weighted by Crippen LogP contribution is 2.41. The second kappa shape index (κ2) is 6.94. The van der Waals surface area contributed by atoms with Gasteiger partial charge in [0.05, 0.1) is 17.7 Å². The minimum Gasteiger partial charge on any atom is -0.478 e. The lowest BCUT2D eigenvalue weighted by Gasteiger charge is -2.29. The molecule has 0 saturated carbocycles. The first-order valence-electron chi connectivity index (χ1n) is 8.66. The lowest BCUT2D eigenvalue weighted by molar-refractivity contribution is 0.0646. The van der Waals surface area contributed by atoms with Gasteiger partial charge in [-0.15, -0.1) is 0 Å². The molecule has 0 N–H and O–H groups in total. The fourth-order valence-corrected chi connectivity index (χ4v) is 3.18. The van der Waals surface area contributed by atoms with Crippen molar-refractivity contribution in [2.24, 2.45) is 0 Å². The largest absolute Gasteiger partial charge is 0.478 e. The lowest BCUT2D eigenvalue weighted by atomic mass is 10.0. The molecule has 26 heavy (non-hydrogen) atoms. The average Bonchev–Trinajstić information content (AvgIpc) is 2.98. The Morgan fingerprint density at radius 1 is 1.19 bits per heavy atom. The molecule has 2 heterocycles. The van der Waals surface area contributed by atoms with Gasteiger partial charge in [0, 0.05) is 20.2 Å². The standard InChI is InChI=1S/C21H21NO4/c1-14-3-5-15(6-4-14)11-19-20(23)16-7-8-18-17(21(16)26-19)12-22(13-25-18)9-10-24-2/h3-8,11H,9-10,12-13H2,1-2H3/b19-11-. The zero-order valence-corrected chi connectivity index (χ0v) is 15.0. The summed E-state index contributed by atoms with van der Waals surface area (Å²) in [5.74, 6) is 1.67. The summed E-state index contributed by atoms with van der Waals surface area (Å²) in [6, 6.07) is 11.6. The van der Waals surface area contributed by atoms with Gasteiger partial charge in [-0.2, -0.15) is 0 Å². The van der Waals surface area contributed by atoms with Gasteiger partial charge in [-0.1, -0.05) is 29.8 Å². The van der Waals surface area contributed by atoms with Gasteiger partial charge >= 0.3 is 0 Å². The number of nitrogens with zero attached hydrogens (tertiary/aromatic N) is 1. The van der Waals surface area contributed by atoms with Crippen molar-refractivity contribution >= 4 is 11.9 Å². The summed E-state index contributed by atoms with van der Waals surface area (Å²) in [7, 11) is 1.68. The maximum Gasteiger partial charge on any atom is 0.231 e. The molecule has 0 aromatic heterocycles. The number of allylic oxidation sites excluding steroid dienone is 1. The second-order valence-electron chi connectivity index (χ2n) is 6.59. The predicted molar refractivity (Wildman–Crippen MR) is 98.3 cm³/mol. The molecular weight excluding hydrogens is 330 g/mol. The molecule has 0 unspecified atom stereocenters. The van der Waals surface area contributed by atoms with Crippen LogP contribution >= 0.6 is 0 Å². The van der Waals surface area contributed by atoms with Crippen molar-refractivity contribution in [1.29, 1.82) is 0 Å². The van der Waals surface area contributed by atoms with E-state index in [1.165, 1.54) is 5.56 Å². The van der Waals surface area contributed by atoms with Gasteiger partial charge in [-0.05, 0) is 30.7 Å². The molecule has 2 aromatic carbocycles. The van der Waals surface area contributed by atoms with Crippen LogP contribution in [0.4, 0.5) is 0 Å².